The highest BCUT2D eigenvalue weighted by molar-refractivity contribution is 7.09. The van der Waals surface area contributed by atoms with E-state index in [1.54, 1.807) is 16.2 Å². The molecule has 2 heterocycles. The number of nitrogens with one attached hydrogen (secondary N) is 1. The molecule has 0 spiro atoms. The Morgan fingerprint density at radius 3 is 2.91 bits per heavy atom. The minimum absolute atomic E-state index is 0.166. The second kappa shape index (κ2) is 6.54. The summed E-state index contributed by atoms with van der Waals surface area (Å²) in [5.41, 5.74) is 6.42. The minimum atomic E-state index is 0.166. The third-order valence-corrected chi connectivity index (χ3v) is 5.10. The maximum atomic E-state index is 12.4. The number of aromatic amines is 1. The molecule has 0 aliphatic heterocycles. The van der Waals surface area contributed by atoms with Crippen molar-refractivity contribution in [2.45, 2.75) is 33.2 Å². The van der Waals surface area contributed by atoms with E-state index in [1.165, 1.54) is 16.5 Å². The lowest BCUT2D eigenvalue weighted by atomic mass is 10.1. The fraction of sp³-hybridized carbons (Fsp3) is 0.333. The van der Waals surface area contributed by atoms with Crippen LogP contribution >= 0.6 is 11.3 Å². The highest BCUT2D eigenvalue weighted by Gasteiger charge is 2.13. The first kappa shape index (κ1) is 15.7. The van der Waals surface area contributed by atoms with Crippen molar-refractivity contribution in [2.24, 2.45) is 0 Å². The lowest BCUT2D eigenvalue weighted by Gasteiger charge is -2.16. The third kappa shape index (κ3) is 3.45. The molecule has 0 saturated heterocycles. The number of aromatic nitrogens is 2. The van der Waals surface area contributed by atoms with Gasteiger partial charge in [-0.15, -0.1) is 11.3 Å². The average Bonchev–Trinajstić information content (AvgIpc) is 3.11. The molecule has 0 aliphatic carbocycles. The summed E-state index contributed by atoms with van der Waals surface area (Å²) < 4.78 is 0. The summed E-state index contributed by atoms with van der Waals surface area (Å²) in [7, 11) is 1.86. The Hall–Kier alpha value is -2.14. The standard InChI is InChI=1S/C18H21N3OS/c1-12-4-6-16-15(8-12)14(9-19-16)5-7-18(22)21(3)10-17-13(2)20-11-23-17/h4,6,8-9,11,19H,5,7,10H2,1-3H3. The Morgan fingerprint density at radius 2 is 2.17 bits per heavy atom. The fourth-order valence-corrected chi connectivity index (χ4v) is 3.54. The zero-order chi connectivity index (χ0) is 16.4. The van der Waals surface area contributed by atoms with Gasteiger partial charge in [-0.1, -0.05) is 11.6 Å². The Labute approximate surface area is 140 Å². The maximum Gasteiger partial charge on any atom is 0.222 e. The van der Waals surface area contributed by atoms with Crippen LogP contribution in [-0.2, 0) is 17.8 Å². The number of aryl methyl sites for hydroxylation is 3. The second-order valence-electron chi connectivity index (χ2n) is 5.97. The molecule has 3 aromatic rings. The number of benzene rings is 1. The fourth-order valence-electron chi connectivity index (χ4n) is 2.71. The summed E-state index contributed by atoms with van der Waals surface area (Å²) in [5, 5.41) is 1.22. The summed E-state index contributed by atoms with van der Waals surface area (Å²) in [4.78, 5) is 22.8. The van der Waals surface area contributed by atoms with Gasteiger partial charge >= 0.3 is 0 Å². The monoisotopic (exact) mass is 327 g/mol. The summed E-state index contributed by atoms with van der Waals surface area (Å²) in [6, 6.07) is 6.36. The Balaban J connectivity index is 1.63. The molecule has 2 aromatic heterocycles. The van der Waals surface area contributed by atoms with Gasteiger partial charge in [0.2, 0.25) is 5.91 Å². The van der Waals surface area contributed by atoms with Gasteiger partial charge in [0.05, 0.1) is 17.7 Å². The number of thiazole rings is 1. The van der Waals surface area contributed by atoms with Gasteiger partial charge in [-0.05, 0) is 38.0 Å². The molecular weight excluding hydrogens is 306 g/mol. The summed E-state index contributed by atoms with van der Waals surface area (Å²) in [6.45, 7) is 4.72. The number of carbonyl (C=O) groups is 1. The molecule has 1 amide bonds. The van der Waals surface area contributed by atoms with Crippen LogP contribution in [0.4, 0.5) is 0 Å². The molecule has 0 atom stereocenters. The van der Waals surface area contributed by atoms with Crippen molar-refractivity contribution in [1.29, 1.82) is 0 Å². The molecule has 0 unspecified atom stereocenters. The molecule has 1 N–H and O–H groups in total. The maximum absolute atomic E-state index is 12.4. The van der Waals surface area contributed by atoms with Gasteiger partial charge < -0.3 is 9.88 Å². The van der Waals surface area contributed by atoms with Crippen LogP contribution in [0.5, 0.6) is 0 Å². The van der Waals surface area contributed by atoms with E-state index < -0.39 is 0 Å². The lowest BCUT2D eigenvalue weighted by Crippen LogP contribution is -2.26. The normalized spacial score (nSPS) is 11.1. The SMILES string of the molecule is Cc1ccc2[nH]cc(CCC(=O)N(C)Cc3scnc3C)c2c1. The number of nitrogens with zero attached hydrogens (tertiary/aromatic N) is 2. The molecule has 0 fully saturated rings. The summed E-state index contributed by atoms with van der Waals surface area (Å²) >= 11 is 1.60. The molecule has 120 valence electrons. The van der Waals surface area contributed by atoms with E-state index in [1.807, 2.05) is 25.7 Å². The van der Waals surface area contributed by atoms with Gasteiger partial charge in [0, 0.05) is 35.4 Å². The van der Waals surface area contributed by atoms with E-state index in [2.05, 4.69) is 35.1 Å². The van der Waals surface area contributed by atoms with Crippen molar-refractivity contribution in [3.8, 4) is 0 Å². The Kier molecular flexibility index (Phi) is 4.48. The van der Waals surface area contributed by atoms with Crippen molar-refractivity contribution in [1.82, 2.24) is 14.9 Å². The number of fused-ring (bicyclic) bond motifs is 1. The number of H-pyrrole nitrogens is 1. The van der Waals surface area contributed by atoms with E-state index in [9.17, 15) is 4.79 Å². The van der Waals surface area contributed by atoms with E-state index in [-0.39, 0.29) is 5.91 Å². The van der Waals surface area contributed by atoms with Gasteiger partial charge in [0.15, 0.2) is 0 Å². The molecule has 0 radical (unpaired) electrons. The molecule has 4 nitrogen and oxygen atoms in total. The van der Waals surface area contributed by atoms with Crippen LogP contribution in [0.15, 0.2) is 29.9 Å². The number of amides is 1. The quantitative estimate of drug-likeness (QED) is 0.774. The van der Waals surface area contributed by atoms with Gasteiger partial charge in [0.25, 0.3) is 0 Å². The van der Waals surface area contributed by atoms with Crippen LogP contribution in [-0.4, -0.2) is 27.8 Å². The second-order valence-corrected chi connectivity index (χ2v) is 6.91. The summed E-state index contributed by atoms with van der Waals surface area (Å²) in [6.07, 6.45) is 3.30. The molecule has 23 heavy (non-hydrogen) atoms. The van der Waals surface area contributed by atoms with Crippen molar-refractivity contribution in [2.75, 3.05) is 7.05 Å². The zero-order valence-electron chi connectivity index (χ0n) is 13.7. The van der Waals surface area contributed by atoms with Crippen molar-refractivity contribution in [3.05, 3.63) is 51.6 Å². The van der Waals surface area contributed by atoms with Gasteiger partial charge in [-0.25, -0.2) is 4.98 Å². The third-order valence-electron chi connectivity index (χ3n) is 4.18. The number of carbonyl (C=O) groups excluding carboxylic acids is 1. The van der Waals surface area contributed by atoms with E-state index in [0.717, 1.165) is 22.5 Å². The first-order valence-corrected chi connectivity index (χ1v) is 8.62. The molecule has 0 saturated carbocycles. The molecule has 3 rings (SSSR count). The molecule has 5 heteroatoms. The Bertz CT molecular complexity index is 834. The zero-order valence-corrected chi connectivity index (χ0v) is 14.5. The van der Waals surface area contributed by atoms with Crippen molar-refractivity contribution >= 4 is 28.1 Å². The number of hydrogen-bond donors (Lipinski definition) is 1. The molecule has 0 aliphatic rings. The molecule has 0 bridgehead atoms. The highest BCUT2D eigenvalue weighted by atomic mass is 32.1. The molecule has 1 aromatic carbocycles. The topological polar surface area (TPSA) is 49.0 Å². The first-order valence-electron chi connectivity index (χ1n) is 7.74. The average molecular weight is 327 g/mol. The lowest BCUT2D eigenvalue weighted by molar-refractivity contribution is -0.130. The smallest absolute Gasteiger partial charge is 0.222 e. The molecular formula is C18H21N3OS. The first-order chi connectivity index (χ1) is 11.0. The van der Waals surface area contributed by atoms with Crippen molar-refractivity contribution < 1.29 is 4.79 Å². The predicted molar refractivity (Wildman–Crippen MR) is 94.7 cm³/mol. The highest BCUT2D eigenvalue weighted by Crippen LogP contribution is 2.21. The van der Waals surface area contributed by atoms with Crippen LogP contribution in [0, 0.1) is 13.8 Å². The summed E-state index contributed by atoms with van der Waals surface area (Å²) in [5.74, 6) is 0.166. The van der Waals surface area contributed by atoms with E-state index in [4.69, 9.17) is 0 Å². The van der Waals surface area contributed by atoms with Gasteiger partial charge in [-0.3, -0.25) is 4.79 Å². The van der Waals surface area contributed by atoms with Crippen LogP contribution in [0.25, 0.3) is 10.9 Å². The number of hydrogen-bond acceptors (Lipinski definition) is 3. The predicted octanol–water partition coefficient (Wildman–Crippen LogP) is 3.83. The van der Waals surface area contributed by atoms with E-state index >= 15 is 0 Å². The van der Waals surface area contributed by atoms with Crippen LogP contribution in [0.2, 0.25) is 0 Å². The van der Waals surface area contributed by atoms with Crippen LogP contribution in [0.3, 0.4) is 0 Å². The van der Waals surface area contributed by atoms with Gasteiger partial charge in [-0.2, -0.15) is 0 Å². The minimum Gasteiger partial charge on any atom is -0.361 e. The number of rotatable bonds is 5. The largest absolute Gasteiger partial charge is 0.361 e. The van der Waals surface area contributed by atoms with Crippen LogP contribution < -0.4 is 0 Å². The van der Waals surface area contributed by atoms with Crippen molar-refractivity contribution in [3.63, 3.8) is 0 Å². The van der Waals surface area contributed by atoms with Crippen LogP contribution in [0.1, 0.15) is 28.1 Å². The van der Waals surface area contributed by atoms with E-state index in [0.29, 0.717) is 13.0 Å². The van der Waals surface area contributed by atoms with Gasteiger partial charge in [0.1, 0.15) is 0 Å². The Morgan fingerprint density at radius 1 is 1.35 bits per heavy atom.